The Kier molecular flexibility index (Phi) is 7.51. The zero-order valence-electron chi connectivity index (χ0n) is 17.6. The molecule has 5 nitrogen and oxygen atoms in total. The van der Waals surface area contributed by atoms with E-state index in [1.165, 1.54) is 0 Å². The minimum Gasteiger partial charge on any atom is -0.352 e. The fourth-order valence-electron chi connectivity index (χ4n) is 3.20. The monoisotopic (exact) mass is 431 g/mol. The van der Waals surface area contributed by atoms with Crippen LogP contribution in [0.4, 0.5) is 5.69 Å². The van der Waals surface area contributed by atoms with Crippen molar-refractivity contribution < 1.29 is 9.59 Å². The first-order chi connectivity index (χ1) is 15.0. The first kappa shape index (κ1) is 22.2. The molecule has 158 valence electrons. The van der Waals surface area contributed by atoms with Crippen LogP contribution in [0.25, 0.3) is 0 Å². The van der Waals surface area contributed by atoms with Gasteiger partial charge in [0.15, 0.2) is 5.11 Å². The highest BCUT2D eigenvalue weighted by Crippen LogP contribution is 2.19. The van der Waals surface area contributed by atoms with Gasteiger partial charge in [0, 0.05) is 19.2 Å². The van der Waals surface area contributed by atoms with E-state index in [0.717, 1.165) is 17.5 Å². The summed E-state index contributed by atoms with van der Waals surface area (Å²) in [5, 5.41) is 5.93. The lowest BCUT2D eigenvalue weighted by Crippen LogP contribution is -2.41. The topological polar surface area (TPSA) is 61.4 Å². The number of hydrogen-bond acceptors (Lipinski definition) is 3. The van der Waals surface area contributed by atoms with E-state index >= 15 is 0 Å². The van der Waals surface area contributed by atoms with Gasteiger partial charge in [-0.25, -0.2) is 0 Å². The van der Waals surface area contributed by atoms with E-state index < -0.39 is 0 Å². The van der Waals surface area contributed by atoms with Crippen molar-refractivity contribution in [2.24, 2.45) is 0 Å². The largest absolute Gasteiger partial charge is 0.352 e. The average molecular weight is 432 g/mol. The van der Waals surface area contributed by atoms with Crippen molar-refractivity contribution in [2.45, 2.75) is 13.3 Å². The Morgan fingerprint density at radius 3 is 2.16 bits per heavy atom. The van der Waals surface area contributed by atoms with E-state index in [2.05, 4.69) is 10.6 Å². The highest BCUT2D eigenvalue weighted by atomic mass is 32.1. The predicted molar refractivity (Wildman–Crippen MR) is 129 cm³/mol. The first-order valence-electron chi connectivity index (χ1n) is 10.0. The van der Waals surface area contributed by atoms with Crippen molar-refractivity contribution in [3.8, 4) is 0 Å². The van der Waals surface area contributed by atoms with Crippen molar-refractivity contribution >= 4 is 34.8 Å². The standard InChI is InChI=1S/C25H25N3O2S/c1-18-10-6-7-13-20(18)24(30)27-25(31)28(2)22-15-9-8-14-21(22)23(29)26-17-16-19-11-4-3-5-12-19/h3-15H,16-17H2,1-2H3,(H,26,29)(H,27,30,31). The van der Waals surface area contributed by atoms with Crippen LogP contribution in [0.1, 0.15) is 31.8 Å². The fraction of sp³-hybridized carbons (Fsp3) is 0.160. The first-order valence-corrected chi connectivity index (χ1v) is 10.4. The van der Waals surface area contributed by atoms with Gasteiger partial charge in [-0.2, -0.15) is 0 Å². The molecule has 0 aliphatic heterocycles. The number of anilines is 1. The van der Waals surface area contributed by atoms with Gasteiger partial charge >= 0.3 is 0 Å². The molecule has 0 saturated carbocycles. The van der Waals surface area contributed by atoms with Gasteiger partial charge in [0.25, 0.3) is 11.8 Å². The quantitative estimate of drug-likeness (QED) is 0.577. The van der Waals surface area contributed by atoms with Crippen molar-refractivity contribution in [3.63, 3.8) is 0 Å². The number of carbonyl (C=O) groups is 2. The van der Waals surface area contributed by atoms with Crippen molar-refractivity contribution in [2.75, 3.05) is 18.5 Å². The summed E-state index contributed by atoms with van der Waals surface area (Å²) in [5.41, 5.74) is 3.70. The maximum atomic E-state index is 12.8. The molecule has 0 fully saturated rings. The van der Waals surface area contributed by atoms with E-state index in [1.54, 1.807) is 36.2 Å². The summed E-state index contributed by atoms with van der Waals surface area (Å²) in [7, 11) is 1.73. The number of aryl methyl sites for hydroxylation is 1. The number of para-hydroxylation sites is 1. The van der Waals surface area contributed by atoms with Crippen LogP contribution in [0.5, 0.6) is 0 Å². The summed E-state index contributed by atoms with van der Waals surface area (Å²) >= 11 is 5.44. The van der Waals surface area contributed by atoms with Crippen LogP contribution in [0.15, 0.2) is 78.9 Å². The third-order valence-electron chi connectivity index (χ3n) is 4.97. The average Bonchev–Trinajstić information content (AvgIpc) is 2.79. The highest BCUT2D eigenvalue weighted by Gasteiger charge is 2.18. The fourth-order valence-corrected chi connectivity index (χ4v) is 3.39. The van der Waals surface area contributed by atoms with Gasteiger partial charge in [0.05, 0.1) is 11.3 Å². The second-order valence-corrected chi connectivity index (χ2v) is 7.53. The number of thiocarbonyl (C=S) groups is 1. The molecule has 2 N–H and O–H groups in total. The second kappa shape index (κ2) is 10.5. The summed E-state index contributed by atoms with van der Waals surface area (Å²) in [6, 6.07) is 24.5. The third-order valence-corrected chi connectivity index (χ3v) is 5.34. The molecule has 6 heteroatoms. The molecule has 0 heterocycles. The molecule has 0 radical (unpaired) electrons. The van der Waals surface area contributed by atoms with Crippen molar-refractivity contribution in [1.82, 2.24) is 10.6 Å². The molecule has 3 aromatic rings. The lowest BCUT2D eigenvalue weighted by molar-refractivity contribution is 0.0952. The van der Waals surface area contributed by atoms with Gasteiger partial charge < -0.3 is 10.2 Å². The lowest BCUT2D eigenvalue weighted by atomic mass is 10.1. The summed E-state index contributed by atoms with van der Waals surface area (Å²) in [6.07, 6.45) is 0.746. The summed E-state index contributed by atoms with van der Waals surface area (Å²) in [5.74, 6) is -0.467. The SMILES string of the molecule is Cc1ccccc1C(=O)NC(=S)N(C)c1ccccc1C(=O)NCCc1ccccc1. The molecule has 0 aromatic heterocycles. The third kappa shape index (κ3) is 5.77. The van der Waals surface area contributed by atoms with E-state index in [-0.39, 0.29) is 16.9 Å². The van der Waals surface area contributed by atoms with Crippen LogP contribution in [0.2, 0.25) is 0 Å². The van der Waals surface area contributed by atoms with E-state index in [0.29, 0.717) is 23.4 Å². The summed E-state index contributed by atoms with van der Waals surface area (Å²) in [4.78, 5) is 27.0. The predicted octanol–water partition coefficient (Wildman–Crippen LogP) is 4.12. The van der Waals surface area contributed by atoms with E-state index in [1.807, 2.05) is 61.5 Å². The van der Waals surface area contributed by atoms with Crippen molar-refractivity contribution in [1.29, 1.82) is 0 Å². The number of hydrogen-bond donors (Lipinski definition) is 2. The molecule has 3 rings (SSSR count). The zero-order valence-corrected chi connectivity index (χ0v) is 18.4. The molecular formula is C25H25N3O2S. The molecule has 0 aliphatic rings. The summed E-state index contributed by atoms with van der Waals surface area (Å²) in [6.45, 7) is 2.39. The van der Waals surface area contributed by atoms with Gasteiger partial charge in [-0.3, -0.25) is 14.9 Å². The number of benzene rings is 3. The highest BCUT2D eigenvalue weighted by molar-refractivity contribution is 7.80. The Morgan fingerprint density at radius 1 is 0.839 bits per heavy atom. The maximum absolute atomic E-state index is 12.8. The van der Waals surface area contributed by atoms with E-state index in [9.17, 15) is 9.59 Å². The number of nitrogens with one attached hydrogen (secondary N) is 2. The molecule has 0 spiro atoms. The zero-order chi connectivity index (χ0) is 22.2. The molecule has 2 amide bonds. The van der Waals surface area contributed by atoms with Crippen LogP contribution in [0.3, 0.4) is 0 Å². The molecule has 0 bridgehead atoms. The van der Waals surface area contributed by atoms with E-state index in [4.69, 9.17) is 12.2 Å². The van der Waals surface area contributed by atoms with Crippen LogP contribution in [-0.4, -0.2) is 30.5 Å². The second-order valence-electron chi connectivity index (χ2n) is 7.14. The normalized spacial score (nSPS) is 10.3. The minimum atomic E-state index is -0.278. The van der Waals surface area contributed by atoms with Crippen LogP contribution >= 0.6 is 12.2 Å². The van der Waals surface area contributed by atoms with Gasteiger partial charge in [-0.15, -0.1) is 0 Å². The smallest absolute Gasteiger partial charge is 0.257 e. The molecular weight excluding hydrogens is 406 g/mol. The number of rotatable bonds is 6. The molecule has 3 aromatic carbocycles. The maximum Gasteiger partial charge on any atom is 0.257 e. The molecule has 0 unspecified atom stereocenters. The summed E-state index contributed by atoms with van der Waals surface area (Å²) < 4.78 is 0. The molecule has 0 atom stereocenters. The Labute approximate surface area is 188 Å². The Hall–Kier alpha value is -3.51. The Balaban J connectivity index is 1.66. The molecule has 31 heavy (non-hydrogen) atoms. The van der Waals surface area contributed by atoms with Gasteiger partial charge in [-0.1, -0.05) is 60.7 Å². The van der Waals surface area contributed by atoms with Gasteiger partial charge in [-0.05, 0) is 54.9 Å². The van der Waals surface area contributed by atoms with Gasteiger partial charge in [0.1, 0.15) is 0 Å². The Bertz CT molecular complexity index is 1080. The van der Waals surface area contributed by atoms with Gasteiger partial charge in [0.2, 0.25) is 0 Å². The number of nitrogens with zero attached hydrogens (tertiary/aromatic N) is 1. The van der Waals surface area contributed by atoms with Crippen molar-refractivity contribution in [3.05, 3.63) is 101 Å². The Morgan fingerprint density at radius 2 is 1.45 bits per heavy atom. The minimum absolute atomic E-state index is 0.189. The van der Waals surface area contributed by atoms with Crippen LogP contribution < -0.4 is 15.5 Å². The lowest BCUT2D eigenvalue weighted by Gasteiger charge is -2.23. The number of carbonyl (C=O) groups excluding carboxylic acids is 2. The molecule has 0 aliphatic carbocycles. The van der Waals surface area contributed by atoms with Crippen LogP contribution in [-0.2, 0) is 6.42 Å². The number of amides is 2. The van der Waals surface area contributed by atoms with Crippen LogP contribution in [0, 0.1) is 6.92 Å². The molecule has 0 saturated heterocycles.